The molecule has 0 spiro atoms. The van der Waals surface area contributed by atoms with E-state index in [1.54, 1.807) is 10.6 Å². The van der Waals surface area contributed by atoms with Crippen LogP contribution in [0.15, 0.2) is 46.4 Å². The van der Waals surface area contributed by atoms with Crippen molar-refractivity contribution >= 4 is 22.7 Å². The van der Waals surface area contributed by atoms with Crippen molar-refractivity contribution in [2.24, 2.45) is 0 Å². The zero-order valence-corrected chi connectivity index (χ0v) is 11.5. The first-order valence-corrected chi connectivity index (χ1v) is 6.82. The van der Waals surface area contributed by atoms with Crippen molar-refractivity contribution in [1.29, 1.82) is 0 Å². The van der Waals surface area contributed by atoms with Crippen LogP contribution in [0.2, 0.25) is 0 Å². The number of hydrogen-bond acceptors (Lipinski definition) is 3. The Balaban J connectivity index is 2.66. The molecule has 96 valence electrons. The van der Waals surface area contributed by atoms with Gasteiger partial charge in [-0.2, -0.15) is 0 Å². The number of rotatable bonds is 4. The van der Waals surface area contributed by atoms with Crippen molar-refractivity contribution in [3.8, 4) is 12.3 Å². The summed E-state index contributed by atoms with van der Waals surface area (Å²) in [4.78, 5) is 17.0. The molecule has 0 aliphatic heterocycles. The smallest absolute Gasteiger partial charge is 0.262 e. The van der Waals surface area contributed by atoms with E-state index in [1.165, 1.54) is 11.8 Å². The molecule has 0 saturated heterocycles. The second kappa shape index (κ2) is 5.77. The van der Waals surface area contributed by atoms with Gasteiger partial charge in [0.05, 0.1) is 16.7 Å². The molecular weight excluding hydrogens is 256 g/mol. The summed E-state index contributed by atoms with van der Waals surface area (Å²) in [7, 11) is 0. The number of terminal acetylenes is 1. The van der Waals surface area contributed by atoms with Crippen LogP contribution in [-0.2, 0) is 6.54 Å². The molecule has 1 aromatic carbocycles. The van der Waals surface area contributed by atoms with Crippen molar-refractivity contribution in [1.82, 2.24) is 9.55 Å². The van der Waals surface area contributed by atoms with Gasteiger partial charge in [-0.25, -0.2) is 4.98 Å². The Morgan fingerprint density at radius 2 is 2.26 bits per heavy atom. The molecule has 0 bridgehead atoms. The average molecular weight is 270 g/mol. The van der Waals surface area contributed by atoms with Gasteiger partial charge >= 0.3 is 0 Å². The lowest BCUT2D eigenvalue weighted by molar-refractivity contribution is 0.652. The van der Waals surface area contributed by atoms with E-state index in [-0.39, 0.29) is 5.56 Å². The Labute approximate surface area is 116 Å². The van der Waals surface area contributed by atoms with Gasteiger partial charge in [-0.3, -0.25) is 9.36 Å². The molecule has 0 aliphatic carbocycles. The van der Waals surface area contributed by atoms with Crippen LogP contribution in [0.4, 0.5) is 0 Å². The minimum atomic E-state index is -0.0480. The highest BCUT2D eigenvalue weighted by molar-refractivity contribution is 7.99. The van der Waals surface area contributed by atoms with Crippen molar-refractivity contribution < 1.29 is 0 Å². The van der Waals surface area contributed by atoms with Crippen LogP contribution >= 0.6 is 11.8 Å². The second-order valence-corrected chi connectivity index (χ2v) is 5.20. The van der Waals surface area contributed by atoms with E-state index in [2.05, 4.69) is 17.5 Å². The van der Waals surface area contributed by atoms with Crippen LogP contribution in [0.3, 0.4) is 0 Å². The van der Waals surface area contributed by atoms with E-state index >= 15 is 0 Å². The molecule has 4 heteroatoms. The fourth-order valence-electron chi connectivity index (χ4n) is 1.77. The summed E-state index contributed by atoms with van der Waals surface area (Å²) in [6.45, 7) is 6.20. The molecule has 2 aromatic rings. The van der Waals surface area contributed by atoms with E-state index in [9.17, 15) is 4.79 Å². The maximum absolute atomic E-state index is 12.5. The highest BCUT2D eigenvalue weighted by atomic mass is 32.2. The van der Waals surface area contributed by atoms with Gasteiger partial charge in [-0.1, -0.05) is 42.0 Å². The molecule has 3 nitrogen and oxygen atoms in total. The monoisotopic (exact) mass is 270 g/mol. The van der Waals surface area contributed by atoms with Gasteiger partial charge in [0.25, 0.3) is 5.56 Å². The van der Waals surface area contributed by atoms with E-state index in [0.29, 0.717) is 28.4 Å². The Kier molecular flexibility index (Phi) is 4.08. The molecule has 1 aromatic heterocycles. The average Bonchev–Trinajstić information content (AvgIpc) is 2.40. The van der Waals surface area contributed by atoms with Gasteiger partial charge in [0.15, 0.2) is 5.16 Å². The first-order chi connectivity index (χ1) is 9.13. The maximum Gasteiger partial charge on any atom is 0.262 e. The van der Waals surface area contributed by atoms with Crippen molar-refractivity contribution in [2.75, 3.05) is 5.75 Å². The lowest BCUT2D eigenvalue weighted by Crippen LogP contribution is -2.23. The molecule has 1 heterocycles. The number of benzene rings is 1. The third-order valence-electron chi connectivity index (χ3n) is 2.54. The summed E-state index contributed by atoms with van der Waals surface area (Å²) in [6, 6.07) is 7.33. The van der Waals surface area contributed by atoms with Gasteiger partial charge < -0.3 is 0 Å². The number of fused-ring (bicyclic) bond motifs is 1. The predicted octanol–water partition coefficient (Wildman–Crippen LogP) is 2.70. The minimum absolute atomic E-state index is 0.0480. The summed E-state index contributed by atoms with van der Waals surface area (Å²) >= 11 is 1.39. The first-order valence-electron chi connectivity index (χ1n) is 5.83. The second-order valence-electron chi connectivity index (χ2n) is 4.25. The molecule has 19 heavy (non-hydrogen) atoms. The van der Waals surface area contributed by atoms with E-state index in [0.717, 1.165) is 5.57 Å². The molecule has 0 unspecified atom stereocenters. The molecule has 0 atom stereocenters. The molecular formula is C15H14N2OS. The fourth-order valence-corrected chi connectivity index (χ4v) is 2.45. The van der Waals surface area contributed by atoms with E-state index in [1.807, 2.05) is 25.1 Å². The lowest BCUT2D eigenvalue weighted by atomic mass is 10.2. The third-order valence-corrected chi connectivity index (χ3v) is 3.42. The van der Waals surface area contributed by atoms with E-state index in [4.69, 9.17) is 6.42 Å². The largest absolute Gasteiger partial charge is 0.283 e. The van der Waals surface area contributed by atoms with Crippen LogP contribution in [0.25, 0.3) is 10.9 Å². The van der Waals surface area contributed by atoms with Crippen LogP contribution in [0, 0.1) is 12.3 Å². The summed E-state index contributed by atoms with van der Waals surface area (Å²) in [5, 5.41) is 1.26. The predicted molar refractivity (Wildman–Crippen MR) is 80.4 cm³/mol. The summed E-state index contributed by atoms with van der Waals surface area (Å²) < 4.78 is 1.63. The van der Waals surface area contributed by atoms with Crippen molar-refractivity contribution in [2.45, 2.75) is 18.6 Å². The van der Waals surface area contributed by atoms with Crippen molar-refractivity contribution in [3.63, 3.8) is 0 Å². The number of para-hydroxylation sites is 1. The Morgan fingerprint density at radius 1 is 1.53 bits per heavy atom. The van der Waals surface area contributed by atoms with Crippen LogP contribution < -0.4 is 5.56 Å². The third kappa shape index (κ3) is 2.88. The number of thioether (sulfide) groups is 1. The molecule has 0 fully saturated rings. The Morgan fingerprint density at radius 3 is 2.95 bits per heavy atom. The van der Waals surface area contributed by atoms with Crippen LogP contribution in [0.5, 0.6) is 0 Å². The molecule has 2 rings (SSSR count). The fraction of sp³-hybridized carbons (Fsp3) is 0.200. The maximum atomic E-state index is 12.5. The van der Waals surface area contributed by atoms with Gasteiger partial charge in [0, 0.05) is 6.54 Å². The normalized spacial score (nSPS) is 10.3. The quantitative estimate of drug-likeness (QED) is 0.371. The zero-order chi connectivity index (χ0) is 13.8. The van der Waals surface area contributed by atoms with Crippen LogP contribution in [-0.4, -0.2) is 15.3 Å². The van der Waals surface area contributed by atoms with Gasteiger partial charge in [-0.05, 0) is 19.1 Å². The number of aromatic nitrogens is 2. The SMILES string of the molecule is C#CCSc1nc2ccccc2c(=O)n1CC(=C)C. The topological polar surface area (TPSA) is 34.9 Å². The summed E-state index contributed by atoms with van der Waals surface area (Å²) in [5.41, 5.74) is 1.56. The summed E-state index contributed by atoms with van der Waals surface area (Å²) in [5.74, 6) is 3.04. The lowest BCUT2D eigenvalue weighted by Gasteiger charge is -2.12. The van der Waals surface area contributed by atoms with Crippen LogP contribution in [0.1, 0.15) is 6.92 Å². The highest BCUT2D eigenvalue weighted by Crippen LogP contribution is 2.17. The minimum Gasteiger partial charge on any atom is -0.283 e. The molecule has 0 radical (unpaired) electrons. The van der Waals surface area contributed by atoms with Crippen molar-refractivity contribution in [3.05, 3.63) is 46.8 Å². The standard InChI is InChI=1S/C15H14N2OS/c1-4-9-19-15-16-13-8-6-5-7-12(13)14(18)17(15)10-11(2)3/h1,5-8H,2,9-10H2,3H3. The molecule has 0 N–H and O–H groups in total. The zero-order valence-electron chi connectivity index (χ0n) is 10.7. The van der Waals surface area contributed by atoms with Gasteiger partial charge in [-0.15, -0.1) is 6.42 Å². The Bertz CT molecular complexity index is 725. The van der Waals surface area contributed by atoms with Gasteiger partial charge in [0.1, 0.15) is 0 Å². The van der Waals surface area contributed by atoms with Gasteiger partial charge in [0.2, 0.25) is 0 Å². The summed E-state index contributed by atoms with van der Waals surface area (Å²) in [6.07, 6.45) is 5.27. The molecule has 0 aliphatic rings. The molecule has 0 amide bonds. The Hall–Kier alpha value is -1.99. The van der Waals surface area contributed by atoms with E-state index < -0.39 is 0 Å². The molecule has 0 saturated carbocycles. The number of nitrogens with zero attached hydrogens (tertiary/aromatic N) is 2. The number of hydrogen-bond donors (Lipinski definition) is 0. The number of allylic oxidation sites excluding steroid dienone is 1. The highest BCUT2D eigenvalue weighted by Gasteiger charge is 2.10. The first kappa shape index (κ1) is 13.4.